The fourth-order valence-corrected chi connectivity index (χ4v) is 4.81. The lowest BCUT2D eigenvalue weighted by atomic mass is 9.99. The molecule has 43 heavy (non-hydrogen) atoms. The van der Waals surface area contributed by atoms with Gasteiger partial charge in [-0.25, -0.2) is 0 Å². The zero-order chi connectivity index (χ0) is 31.2. The number of aliphatic hydroxyl groups excluding tert-OH is 8. The van der Waals surface area contributed by atoms with Crippen LogP contribution in [0, 0.1) is 0 Å². The van der Waals surface area contributed by atoms with E-state index in [1.54, 1.807) is 0 Å². The van der Waals surface area contributed by atoms with Gasteiger partial charge in [-0.2, -0.15) is 0 Å². The summed E-state index contributed by atoms with van der Waals surface area (Å²) in [6.07, 6.45) is -15.9. The van der Waals surface area contributed by atoms with Crippen molar-refractivity contribution in [1.82, 2.24) is 0 Å². The van der Waals surface area contributed by atoms with Crippen LogP contribution in [0.2, 0.25) is 0 Å². The number of aromatic hydroxyl groups is 2. The van der Waals surface area contributed by atoms with Crippen LogP contribution in [0.15, 0.2) is 45.6 Å². The topological polar surface area (TPSA) is 269 Å². The van der Waals surface area contributed by atoms with Gasteiger partial charge in [0.2, 0.25) is 18.3 Å². The predicted molar refractivity (Wildman–Crippen MR) is 140 cm³/mol. The Bertz CT molecular complexity index is 1490. The predicted octanol–water partition coefficient (Wildman–Crippen LogP) is -2.77. The lowest BCUT2D eigenvalue weighted by Crippen LogP contribution is -2.60. The van der Waals surface area contributed by atoms with Crippen LogP contribution in [0.25, 0.3) is 22.3 Å². The van der Waals surface area contributed by atoms with Gasteiger partial charge in [0.1, 0.15) is 71.5 Å². The summed E-state index contributed by atoms with van der Waals surface area (Å²) in [7, 11) is 0. The number of fused-ring (bicyclic) bond motifs is 1. The molecule has 5 rings (SSSR count). The van der Waals surface area contributed by atoms with E-state index >= 15 is 0 Å². The molecular formula is C27H30O16. The number of phenols is 2. The normalized spacial score (nSPS) is 32.9. The lowest BCUT2D eigenvalue weighted by molar-refractivity contribution is -0.277. The Hall–Kier alpha value is -3.55. The van der Waals surface area contributed by atoms with Crippen LogP contribution >= 0.6 is 0 Å². The van der Waals surface area contributed by atoms with Gasteiger partial charge < -0.3 is 74.4 Å². The van der Waals surface area contributed by atoms with Crippen LogP contribution in [0.1, 0.15) is 0 Å². The molecular weight excluding hydrogens is 580 g/mol. The van der Waals surface area contributed by atoms with Gasteiger partial charge in [-0.1, -0.05) is 0 Å². The minimum Gasteiger partial charge on any atom is -0.507 e. The molecule has 3 aromatic rings. The summed E-state index contributed by atoms with van der Waals surface area (Å²) in [6, 6.07) is 7.50. The largest absolute Gasteiger partial charge is 0.507 e. The number of ether oxygens (including phenoxy) is 4. The maximum absolute atomic E-state index is 13.0. The Kier molecular flexibility index (Phi) is 8.77. The van der Waals surface area contributed by atoms with E-state index in [1.165, 1.54) is 24.3 Å². The molecule has 16 nitrogen and oxygen atoms in total. The fraction of sp³-hybridized carbons (Fsp3) is 0.444. The summed E-state index contributed by atoms with van der Waals surface area (Å²) >= 11 is 0. The van der Waals surface area contributed by atoms with Crippen molar-refractivity contribution < 1.29 is 74.4 Å². The van der Waals surface area contributed by atoms with E-state index in [0.29, 0.717) is 0 Å². The molecule has 10 N–H and O–H groups in total. The van der Waals surface area contributed by atoms with E-state index < -0.39 is 108 Å². The minimum atomic E-state index is -1.85. The van der Waals surface area contributed by atoms with E-state index in [9.17, 15) is 55.9 Å². The highest BCUT2D eigenvalue weighted by molar-refractivity contribution is 5.91. The maximum atomic E-state index is 13.0. The molecule has 0 unspecified atom stereocenters. The van der Waals surface area contributed by atoms with Crippen molar-refractivity contribution in [2.24, 2.45) is 0 Å². The van der Waals surface area contributed by atoms with Crippen LogP contribution in [-0.4, -0.2) is 126 Å². The van der Waals surface area contributed by atoms with Crippen LogP contribution in [-0.2, 0) is 9.47 Å². The van der Waals surface area contributed by atoms with E-state index in [0.717, 1.165) is 12.1 Å². The highest BCUT2D eigenvalue weighted by atomic mass is 16.7. The molecule has 2 aliphatic rings. The molecule has 2 saturated heterocycles. The van der Waals surface area contributed by atoms with Crippen molar-refractivity contribution >= 4 is 11.0 Å². The summed E-state index contributed by atoms with van der Waals surface area (Å²) in [6.45, 7) is -1.39. The molecule has 10 atom stereocenters. The highest BCUT2D eigenvalue weighted by Gasteiger charge is 2.46. The van der Waals surface area contributed by atoms with Gasteiger partial charge in [0.25, 0.3) is 0 Å². The van der Waals surface area contributed by atoms with Crippen LogP contribution in [0.4, 0.5) is 0 Å². The second-order valence-corrected chi connectivity index (χ2v) is 10.1. The summed E-state index contributed by atoms with van der Waals surface area (Å²) in [5.41, 5.74) is -0.936. The average molecular weight is 611 g/mol. The smallest absolute Gasteiger partial charge is 0.229 e. The van der Waals surface area contributed by atoms with Gasteiger partial charge >= 0.3 is 0 Å². The second kappa shape index (κ2) is 12.2. The molecule has 0 spiro atoms. The van der Waals surface area contributed by atoms with Crippen molar-refractivity contribution in [3.63, 3.8) is 0 Å². The number of benzene rings is 2. The first-order valence-corrected chi connectivity index (χ1v) is 13.0. The lowest BCUT2D eigenvalue weighted by Gasteiger charge is -2.39. The van der Waals surface area contributed by atoms with E-state index in [4.69, 9.17) is 23.4 Å². The number of phenolic OH excluding ortho intramolecular Hbond substituents is 2. The fourth-order valence-electron chi connectivity index (χ4n) is 4.81. The SMILES string of the molecule is O=c1cc(-c2ccc(O[C@@H]3O[C@H](CO)[C@@H](O)[C@H](O)[C@H]3O)cc2)oc2c(O[C@@H]3O[C@H](CO)[C@@H](O)[C@H](O)[C@H]3O)c(O)cc(O)c12. The van der Waals surface area contributed by atoms with Gasteiger partial charge in [-0.3, -0.25) is 4.79 Å². The van der Waals surface area contributed by atoms with Crippen molar-refractivity contribution in [2.45, 2.75) is 61.4 Å². The highest BCUT2D eigenvalue weighted by Crippen LogP contribution is 2.42. The van der Waals surface area contributed by atoms with Gasteiger partial charge in [0.15, 0.2) is 16.8 Å². The van der Waals surface area contributed by atoms with E-state index in [-0.39, 0.29) is 17.1 Å². The first kappa shape index (κ1) is 30.9. The quantitative estimate of drug-likeness (QED) is 0.130. The minimum absolute atomic E-state index is 0.0828. The molecule has 234 valence electrons. The zero-order valence-electron chi connectivity index (χ0n) is 22.1. The molecule has 16 heteroatoms. The number of rotatable bonds is 7. The van der Waals surface area contributed by atoms with Gasteiger partial charge in [0.05, 0.1) is 13.2 Å². The summed E-state index contributed by atoms with van der Waals surface area (Å²) in [5, 5.41) is 99.9. The van der Waals surface area contributed by atoms with Crippen molar-refractivity contribution in [3.8, 4) is 34.3 Å². The Morgan fingerprint density at radius 1 is 0.674 bits per heavy atom. The van der Waals surface area contributed by atoms with Crippen LogP contribution in [0.3, 0.4) is 0 Å². The third-order valence-electron chi connectivity index (χ3n) is 7.24. The molecule has 0 bridgehead atoms. The molecule has 2 aliphatic heterocycles. The van der Waals surface area contributed by atoms with Crippen molar-refractivity contribution in [3.05, 3.63) is 46.6 Å². The molecule has 1 aromatic heterocycles. The number of aliphatic hydroxyl groups is 8. The standard InChI is InChI=1S/C27H30O16/c28-7-15-18(33)20(35)22(37)26(41-15)39-10-3-1-9(2-4-10)14-6-12(31)17-11(30)5-13(32)24(25(17)40-14)43-27-23(38)21(36)19(34)16(8-29)42-27/h1-6,15-16,18-23,26-30,32-38H,7-8H2/t15-,16-,18-,19-,20+,21+,22-,23-,26-,27+/m1/s1. The summed E-state index contributed by atoms with van der Waals surface area (Å²) in [5.74, 6) is -1.90. The van der Waals surface area contributed by atoms with Crippen molar-refractivity contribution in [2.75, 3.05) is 13.2 Å². The van der Waals surface area contributed by atoms with Gasteiger partial charge in [0, 0.05) is 17.7 Å². The molecule has 0 amide bonds. The first-order valence-electron chi connectivity index (χ1n) is 13.0. The van der Waals surface area contributed by atoms with E-state index in [2.05, 4.69) is 0 Å². The van der Waals surface area contributed by atoms with Crippen molar-refractivity contribution in [1.29, 1.82) is 0 Å². The Morgan fingerprint density at radius 2 is 1.21 bits per heavy atom. The zero-order valence-corrected chi connectivity index (χ0v) is 22.1. The average Bonchev–Trinajstić information content (AvgIpc) is 2.99. The maximum Gasteiger partial charge on any atom is 0.229 e. The Balaban J connectivity index is 1.45. The summed E-state index contributed by atoms with van der Waals surface area (Å²) in [4.78, 5) is 13.0. The molecule has 2 fully saturated rings. The Labute approximate surface area is 241 Å². The van der Waals surface area contributed by atoms with Gasteiger partial charge in [-0.05, 0) is 24.3 Å². The van der Waals surface area contributed by atoms with Crippen LogP contribution < -0.4 is 14.9 Å². The third-order valence-corrected chi connectivity index (χ3v) is 7.24. The number of hydrogen-bond donors (Lipinski definition) is 10. The summed E-state index contributed by atoms with van der Waals surface area (Å²) < 4.78 is 27.6. The number of hydrogen-bond acceptors (Lipinski definition) is 16. The Morgan fingerprint density at radius 3 is 1.74 bits per heavy atom. The molecule has 0 saturated carbocycles. The molecule has 0 aliphatic carbocycles. The van der Waals surface area contributed by atoms with Crippen LogP contribution in [0.5, 0.6) is 23.0 Å². The molecule has 2 aromatic carbocycles. The molecule has 3 heterocycles. The van der Waals surface area contributed by atoms with Gasteiger partial charge in [-0.15, -0.1) is 0 Å². The first-order chi connectivity index (χ1) is 20.4. The molecule has 0 radical (unpaired) electrons. The third kappa shape index (κ3) is 5.73. The monoisotopic (exact) mass is 610 g/mol. The second-order valence-electron chi connectivity index (χ2n) is 10.1. The van der Waals surface area contributed by atoms with E-state index in [1.807, 2.05) is 0 Å².